The van der Waals surface area contributed by atoms with Crippen molar-refractivity contribution < 1.29 is 17.7 Å². The van der Waals surface area contributed by atoms with Crippen LogP contribution in [0.5, 0.6) is 0 Å². The molecule has 2 rings (SSSR count). The molecule has 1 aromatic rings. The van der Waals surface area contributed by atoms with Gasteiger partial charge in [0.05, 0.1) is 0 Å². The van der Waals surface area contributed by atoms with Crippen LogP contribution in [0.15, 0.2) is 9.42 Å². The second kappa shape index (κ2) is 9.48. The van der Waals surface area contributed by atoms with E-state index in [9.17, 15) is 13.2 Å². The third-order valence-corrected chi connectivity index (χ3v) is 6.47. The largest absolute Gasteiger partial charge is 0.360 e. The number of carbonyl (C=O) groups is 1. The summed E-state index contributed by atoms with van der Waals surface area (Å²) in [6, 6.07) is 0.623. The van der Waals surface area contributed by atoms with Crippen LogP contribution in [0.1, 0.15) is 50.5 Å². The van der Waals surface area contributed by atoms with Gasteiger partial charge in [0.2, 0.25) is 15.9 Å². The Bertz CT molecular complexity index is 682. The highest BCUT2D eigenvalue weighted by Crippen LogP contribution is 2.18. The number of sulfonamides is 1. The van der Waals surface area contributed by atoms with E-state index in [2.05, 4.69) is 27.0 Å². The number of nitrogens with one attached hydrogen (secondary N) is 2. The standard InChI is InChI=1S/C17H30N4O4S/c1-13-7-4-5-11-21(13)12-6-9-18-16(22)8-10-19-26(23,24)17-14(2)20-25-15(17)3/h13,19H,4-12H2,1-3H3,(H,18,22)/t13-/m0/s1. The quantitative estimate of drug-likeness (QED) is 0.621. The van der Waals surface area contributed by atoms with Crippen molar-refractivity contribution in [3.63, 3.8) is 0 Å². The zero-order valence-electron chi connectivity index (χ0n) is 15.9. The number of hydrogen-bond donors (Lipinski definition) is 2. The summed E-state index contributed by atoms with van der Waals surface area (Å²) < 4.78 is 31.8. The maximum Gasteiger partial charge on any atom is 0.245 e. The molecule has 0 bridgehead atoms. The molecule has 1 amide bonds. The molecule has 1 aliphatic heterocycles. The smallest absolute Gasteiger partial charge is 0.245 e. The summed E-state index contributed by atoms with van der Waals surface area (Å²) in [6.45, 7) is 8.15. The Kier molecular flexibility index (Phi) is 7.60. The molecule has 0 unspecified atom stereocenters. The predicted molar refractivity (Wildman–Crippen MR) is 98.3 cm³/mol. The van der Waals surface area contributed by atoms with Crippen LogP contribution in [0.4, 0.5) is 0 Å². The molecule has 0 spiro atoms. The lowest BCUT2D eigenvalue weighted by atomic mass is 10.0. The topological polar surface area (TPSA) is 105 Å². The van der Waals surface area contributed by atoms with Crippen LogP contribution in [0, 0.1) is 13.8 Å². The number of aryl methyl sites for hydroxylation is 2. The first-order valence-corrected chi connectivity index (χ1v) is 10.7. The van der Waals surface area contributed by atoms with E-state index in [1.165, 1.54) is 19.3 Å². The zero-order valence-corrected chi connectivity index (χ0v) is 16.7. The van der Waals surface area contributed by atoms with E-state index in [1.807, 2.05) is 0 Å². The maximum absolute atomic E-state index is 12.2. The van der Waals surface area contributed by atoms with Crippen molar-refractivity contribution in [2.24, 2.45) is 0 Å². The van der Waals surface area contributed by atoms with Crippen molar-refractivity contribution >= 4 is 15.9 Å². The molecular weight excluding hydrogens is 356 g/mol. The highest BCUT2D eigenvalue weighted by Gasteiger charge is 2.23. The third-order valence-electron chi connectivity index (χ3n) is 4.77. The van der Waals surface area contributed by atoms with Gasteiger partial charge in [0.25, 0.3) is 0 Å². The van der Waals surface area contributed by atoms with Gasteiger partial charge in [-0.15, -0.1) is 0 Å². The molecule has 1 aromatic heterocycles. The zero-order chi connectivity index (χ0) is 19.2. The van der Waals surface area contributed by atoms with Gasteiger partial charge in [-0.2, -0.15) is 0 Å². The molecule has 2 heterocycles. The van der Waals surface area contributed by atoms with E-state index in [0.29, 0.717) is 18.3 Å². The number of carbonyl (C=O) groups excluding carboxylic acids is 1. The van der Waals surface area contributed by atoms with Gasteiger partial charge in [-0.3, -0.25) is 4.79 Å². The van der Waals surface area contributed by atoms with Crippen molar-refractivity contribution in [1.82, 2.24) is 20.1 Å². The number of likely N-dealkylation sites (tertiary alicyclic amines) is 1. The molecule has 0 aromatic carbocycles. The first kappa shape index (κ1) is 20.9. The molecule has 0 radical (unpaired) electrons. The molecule has 8 nitrogen and oxygen atoms in total. The number of rotatable bonds is 9. The molecule has 1 fully saturated rings. The third kappa shape index (κ3) is 5.78. The van der Waals surface area contributed by atoms with Gasteiger partial charge in [-0.05, 0) is 46.6 Å². The molecule has 1 saturated heterocycles. The van der Waals surface area contributed by atoms with Gasteiger partial charge in [0.1, 0.15) is 10.6 Å². The molecule has 9 heteroatoms. The fourth-order valence-electron chi connectivity index (χ4n) is 3.32. The van der Waals surface area contributed by atoms with Crippen LogP contribution in [-0.4, -0.2) is 56.6 Å². The monoisotopic (exact) mass is 386 g/mol. The van der Waals surface area contributed by atoms with Crippen LogP contribution in [-0.2, 0) is 14.8 Å². The SMILES string of the molecule is Cc1noc(C)c1S(=O)(=O)NCCC(=O)NCCCN1CCCC[C@@H]1C. The Hall–Kier alpha value is -1.45. The van der Waals surface area contributed by atoms with Gasteiger partial charge in [-0.25, -0.2) is 13.1 Å². The molecule has 0 saturated carbocycles. The lowest BCUT2D eigenvalue weighted by Crippen LogP contribution is -2.39. The van der Waals surface area contributed by atoms with Gasteiger partial charge in [0, 0.05) is 32.1 Å². The molecule has 26 heavy (non-hydrogen) atoms. The van der Waals surface area contributed by atoms with E-state index in [4.69, 9.17) is 4.52 Å². The summed E-state index contributed by atoms with van der Waals surface area (Å²) in [6.07, 6.45) is 4.81. The summed E-state index contributed by atoms with van der Waals surface area (Å²) in [7, 11) is -3.71. The summed E-state index contributed by atoms with van der Waals surface area (Å²) in [5, 5.41) is 6.49. The van der Waals surface area contributed by atoms with Gasteiger partial charge in [0.15, 0.2) is 5.76 Å². The fraction of sp³-hybridized carbons (Fsp3) is 0.765. The molecule has 1 atom stereocenters. The Balaban J connectivity index is 1.64. The number of nitrogens with zero attached hydrogens (tertiary/aromatic N) is 2. The predicted octanol–water partition coefficient (Wildman–Crippen LogP) is 1.34. The summed E-state index contributed by atoms with van der Waals surface area (Å²) in [5.41, 5.74) is 0.311. The van der Waals surface area contributed by atoms with E-state index >= 15 is 0 Å². The van der Waals surface area contributed by atoms with Crippen molar-refractivity contribution in [2.75, 3.05) is 26.2 Å². The van der Waals surface area contributed by atoms with Gasteiger partial charge in [-0.1, -0.05) is 11.6 Å². The van der Waals surface area contributed by atoms with E-state index in [-0.39, 0.29) is 29.5 Å². The highest BCUT2D eigenvalue weighted by atomic mass is 32.2. The minimum absolute atomic E-state index is 0.0430. The molecule has 2 N–H and O–H groups in total. The first-order valence-electron chi connectivity index (χ1n) is 9.24. The average molecular weight is 387 g/mol. The lowest BCUT2D eigenvalue weighted by Gasteiger charge is -2.33. The van der Waals surface area contributed by atoms with Crippen molar-refractivity contribution in [2.45, 2.75) is 63.8 Å². The average Bonchev–Trinajstić information content (AvgIpc) is 2.92. The van der Waals surface area contributed by atoms with Crippen molar-refractivity contribution in [1.29, 1.82) is 0 Å². The van der Waals surface area contributed by atoms with Gasteiger partial charge < -0.3 is 14.7 Å². The normalized spacial score (nSPS) is 18.8. The van der Waals surface area contributed by atoms with Crippen LogP contribution in [0.3, 0.4) is 0 Å². The molecule has 148 valence electrons. The summed E-state index contributed by atoms with van der Waals surface area (Å²) in [5.74, 6) is 0.0875. The Labute approximate surface area is 155 Å². The number of aromatic nitrogens is 1. The lowest BCUT2D eigenvalue weighted by molar-refractivity contribution is -0.120. The van der Waals surface area contributed by atoms with Crippen molar-refractivity contribution in [3.8, 4) is 0 Å². The van der Waals surface area contributed by atoms with Crippen LogP contribution in [0.25, 0.3) is 0 Å². The van der Waals surface area contributed by atoms with E-state index in [1.54, 1.807) is 13.8 Å². The van der Waals surface area contributed by atoms with E-state index < -0.39 is 10.0 Å². The van der Waals surface area contributed by atoms with Crippen LogP contribution < -0.4 is 10.0 Å². The number of amides is 1. The minimum atomic E-state index is -3.71. The Morgan fingerprint density at radius 2 is 2.08 bits per heavy atom. The molecule has 1 aliphatic rings. The van der Waals surface area contributed by atoms with Gasteiger partial charge >= 0.3 is 0 Å². The number of piperidine rings is 1. The molecular formula is C17H30N4O4S. The molecule has 0 aliphatic carbocycles. The van der Waals surface area contributed by atoms with Crippen LogP contribution >= 0.6 is 0 Å². The van der Waals surface area contributed by atoms with E-state index in [0.717, 1.165) is 19.5 Å². The van der Waals surface area contributed by atoms with Crippen LogP contribution in [0.2, 0.25) is 0 Å². The number of hydrogen-bond acceptors (Lipinski definition) is 6. The Morgan fingerprint density at radius 3 is 2.73 bits per heavy atom. The highest BCUT2D eigenvalue weighted by molar-refractivity contribution is 7.89. The fourth-order valence-corrected chi connectivity index (χ4v) is 4.67. The minimum Gasteiger partial charge on any atom is -0.360 e. The second-order valence-corrected chi connectivity index (χ2v) is 8.59. The summed E-state index contributed by atoms with van der Waals surface area (Å²) >= 11 is 0. The second-order valence-electron chi connectivity index (χ2n) is 6.89. The summed E-state index contributed by atoms with van der Waals surface area (Å²) in [4.78, 5) is 14.4. The van der Waals surface area contributed by atoms with Crippen molar-refractivity contribution in [3.05, 3.63) is 11.5 Å². The maximum atomic E-state index is 12.2. The Morgan fingerprint density at radius 1 is 1.31 bits per heavy atom. The first-order chi connectivity index (χ1) is 12.3.